The van der Waals surface area contributed by atoms with Crippen molar-refractivity contribution < 1.29 is 9.21 Å². The summed E-state index contributed by atoms with van der Waals surface area (Å²) in [6.07, 6.45) is 3.51. The molecule has 1 aromatic heterocycles. The van der Waals surface area contributed by atoms with E-state index < -0.39 is 0 Å². The smallest absolute Gasteiger partial charge is 0.277 e. The SMILES string of the molecule is C[C@@H]1[C@@H](C)CCC[C@H]1NC(=O)CSc1nnc(-c2ccc(C(C)(C)C)cc2)o1. The molecule has 1 amide bonds. The fourth-order valence-electron chi connectivity index (χ4n) is 3.66. The zero-order chi connectivity index (χ0) is 20.3. The molecule has 0 unspecified atom stereocenters. The van der Waals surface area contributed by atoms with E-state index in [-0.39, 0.29) is 17.4 Å². The van der Waals surface area contributed by atoms with E-state index in [0.29, 0.717) is 28.7 Å². The van der Waals surface area contributed by atoms with Gasteiger partial charge in [-0.3, -0.25) is 4.79 Å². The minimum Gasteiger partial charge on any atom is -0.411 e. The van der Waals surface area contributed by atoms with E-state index in [1.54, 1.807) is 0 Å². The highest BCUT2D eigenvalue weighted by atomic mass is 32.2. The number of rotatable bonds is 5. The highest BCUT2D eigenvalue weighted by Crippen LogP contribution is 2.30. The van der Waals surface area contributed by atoms with Crippen LogP contribution in [0.15, 0.2) is 33.9 Å². The van der Waals surface area contributed by atoms with Gasteiger partial charge in [0.05, 0.1) is 5.75 Å². The van der Waals surface area contributed by atoms with Crippen LogP contribution in [0.2, 0.25) is 0 Å². The Balaban J connectivity index is 1.54. The van der Waals surface area contributed by atoms with E-state index in [2.05, 4.69) is 62.3 Å². The van der Waals surface area contributed by atoms with Crippen LogP contribution in [-0.4, -0.2) is 27.9 Å². The number of carbonyl (C=O) groups excluding carboxylic acids is 1. The number of aromatic nitrogens is 2. The molecule has 0 saturated heterocycles. The fraction of sp³-hybridized carbons (Fsp3) is 0.591. The predicted octanol–water partition coefficient (Wildman–Crippen LogP) is 5.07. The zero-order valence-electron chi connectivity index (χ0n) is 17.5. The van der Waals surface area contributed by atoms with Crippen molar-refractivity contribution in [2.24, 2.45) is 11.8 Å². The van der Waals surface area contributed by atoms with Crippen LogP contribution in [0.5, 0.6) is 0 Å². The van der Waals surface area contributed by atoms with Gasteiger partial charge in [0.15, 0.2) is 0 Å². The fourth-order valence-corrected chi connectivity index (χ4v) is 4.23. The van der Waals surface area contributed by atoms with Crippen molar-refractivity contribution in [3.8, 4) is 11.5 Å². The molecule has 0 bridgehead atoms. The molecule has 1 N–H and O–H groups in total. The van der Waals surface area contributed by atoms with Crippen molar-refractivity contribution >= 4 is 17.7 Å². The van der Waals surface area contributed by atoms with Crippen molar-refractivity contribution in [1.82, 2.24) is 15.5 Å². The molecule has 1 aliphatic rings. The molecule has 5 nitrogen and oxygen atoms in total. The monoisotopic (exact) mass is 401 g/mol. The minimum atomic E-state index is 0.0326. The minimum absolute atomic E-state index is 0.0326. The van der Waals surface area contributed by atoms with Gasteiger partial charge in [0, 0.05) is 11.6 Å². The summed E-state index contributed by atoms with van der Waals surface area (Å²) in [5.41, 5.74) is 2.25. The molecule has 0 aliphatic heterocycles. The van der Waals surface area contributed by atoms with Gasteiger partial charge >= 0.3 is 0 Å². The highest BCUT2D eigenvalue weighted by Gasteiger charge is 2.28. The molecule has 6 heteroatoms. The zero-order valence-corrected chi connectivity index (χ0v) is 18.3. The second kappa shape index (κ2) is 8.68. The number of carbonyl (C=O) groups is 1. The molecule has 0 spiro atoms. The maximum atomic E-state index is 12.3. The van der Waals surface area contributed by atoms with Gasteiger partial charge in [0.2, 0.25) is 11.8 Å². The Morgan fingerprint density at radius 2 is 1.89 bits per heavy atom. The highest BCUT2D eigenvalue weighted by molar-refractivity contribution is 7.99. The molecule has 2 aromatic rings. The molecular formula is C22H31N3O2S. The van der Waals surface area contributed by atoms with Gasteiger partial charge in [-0.05, 0) is 41.4 Å². The summed E-state index contributed by atoms with van der Waals surface area (Å²) in [6.45, 7) is 11.1. The second-order valence-electron chi connectivity index (χ2n) is 8.93. The third-order valence-electron chi connectivity index (χ3n) is 5.78. The van der Waals surface area contributed by atoms with Crippen molar-refractivity contribution in [2.75, 3.05) is 5.75 Å². The lowest BCUT2D eigenvalue weighted by atomic mass is 9.78. The number of nitrogens with one attached hydrogen (secondary N) is 1. The second-order valence-corrected chi connectivity index (χ2v) is 9.86. The van der Waals surface area contributed by atoms with Gasteiger partial charge in [0.25, 0.3) is 5.22 Å². The predicted molar refractivity (Wildman–Crippen MR) is 113 cm³/mol. The standard InChI is InChI=1S/C22H31N3O2S/c1-14-7-6-8-18(15(14)2)23-19(26)13-28-21-25-24-20(27-21)16-9-11-17(12-10-16)22(3,4)5/h9-12,14-15,18H,6-8,13H2,1-5H3,(H,23,26)/t14-,15+,18+/m0/s1. The van der Waals surface area contributed by atoms with Crippen LogP contribution in [0.25, 0.3) is 11.5 Å². The summed E-state index contributed by atoms with van der Waals surface area (Å²) < 4.78 is 5.73. The number of nitrogens with zero attached hydrogens (tertiary/aromatic N) is 2. The van der Waals surface area contributed by atoms with E-state index in [1.807, 2.05) is 12.1 Å². The van der Waals surface area contributed by atoms with E-state index in [4.69, 9.17) is 4.42 Å². The van der Waals surface area contributed by atoms with Gasteiger partial charge in [0.1, 0.15) is 0 Å². The van der Waals surface area contributed by atoms with Crippen LogP contribution < -0.4 is 5.32 Å². The Labute approximate surface area is 172 Å². The maximum Gasteiger partial charge on any atom is 0.277 e. The number of hydrogen-bond donors (Lipinski definition) is 1. The van der Waals surface area contributed by atoms with E-state index in [1.165, 1.54) is 30.2 Å². The van der Waals surface area contributed by atoms with Gasteiger partial charge in [-0.1, -0.05) is 71.4 Å². The maximum absolute atomic E-state index is 12.3. The topological polar surface area (TPSA) is 68.0 Å². The summed E-state index contributed by atoms with van der Waals surface area (Å²) in [6, 6.07) is 8.46. The lowest BCUT2D eigenvalue weighted by Gasteiger charge is -2.34. The summed E-state index contributed by atoms with van der Waals surface area (Å²) in [5, 5.41) is 11.8. The van der Waals surface area contributed by atoms with Crippen molar-refractivity contribution in [3.63, 3.8) is 0 Å². The average Bonchev–Trinajstić information content (AvgIpc) is 3.12. The molecular weight excluding hydrogens is 370 g/mol. The Morgan fingerprint density at radius 3 is 2.57 bits per heavy atom. The van der Waals surface area contributed by atoms with E-state index in [9.17, 15) is 4.79 Å². The molecule has 0 radical (unpaired) electrons. The van der Waals surface area contributed by atoms with Crippen LogP contribution in [0.3, 0.4) is 0 Å². The first-order valence-electron chi connectivity index (χ1n) is 10.1. The number of amides is 1. The summed E-state index contributed by atoms with van der Waals surface area (Å²) in [4.78, 5) is 12.3. The third-order valence-corrected chi connectivity index (χ3v) is 6.60. The molecule has 1 aromatic carbocycles. The lowest BCUT2D eigenvalue weighted by Crippen LogP contribution is -2.44. The number of hydrogen-bond acceptors (Lipinski definition) is 5. The quantitative estimate of drug-likeness (QED) is 0.709. The Bertz CT molecular complexity index is 795. The average molecular weight is 402 g/mol. The summed E-state index contributed by atoms with van der Waals surface area (Å²) in [7, 11) is 0. The first-order valence-corrected chi connectivity index (χ1v) is 11.1. The van der Waals surface area contributed by atoms with Gasteiger partial charge in [-0.25, -0.2) is 0 Å². The van der Waals surface area contributed by atoms with Gasteiger partial charge in [-0.2, -0.15) is 0 Å². The van der Waals surface area contributed by atoms with Gasteiger partial charge < -0.3 is 9.73 Å². The summed E-state index contributed by atoms with van der Waals surface area (Å²) in [5.74, 6) is 1.99. The number of thioether (sulfide) groups is 1. The normalized spacial score (nSPS) is 22.8. The first-order chi connectivity index (χ1) is 13.2. The molecule has 1 aliphatic carbocycles. The van der Waals surface area contributed by atoms with Crippen molar-refractivity contribution in [3.05, 3.63) is 29.8 Å². The van der Waals surface area contributed by atoms with Crippen molar-refractivity contribution in [2.45, 2.75) is 70.6 Å². The van der Waals surface area contributed by atoms with E-state index in [0.717, 1.165) is 12.0 Å². The Kier molecular flexibility index (Phi) is 6.48. The summed E-state index contributed by atoms with van der Waals surface area (Å²) >= 11 is 1.29. The number of benzene rings is 1. The van der Waals surface area contributed by atoms with Crippen LogP contribution in [-0.2, 0) is 10.2 Å². The largest absolute Gasteiger partial charge is 0.411 e. The third kappa shape index (κ3) is 5.16. The molecule has 152 valence electrons. The molecule has 1 heterocycles. The lowest BCUT2D eigenvalue weighted by molar-refractivity contribution is -0.120. The van der Waals surface area contributed by atoms with Crippen LogP contribution in [0.4, 0.5) is 0 Å². The Hall–Kier alpha value is -1.82. The molecule has 3 rings (SSSR count). The molecule has 28 heavy (non-hydrogen) atoms. The molecule has 1 saturated carbocycles. The molecule has 1 fully saturated rings. The molecule has 3 atom stereocenters. The van der Waals surface area contributed by atoms with Crippen LogP contribution in [0, 0.1) is 11.8 Å². The van der Waals surface area contributed by atoms with Crippen LogP contribution >= 0.6 is 11.8 Å². The van der Waals surface area contributed by atoms with Crippen LogP contribution in [0.1, 0.15) is 59.4 Å². The van der Waals surface area contributed by atoms with E-state index >= 15 is 0 Å². The van der Waals surface area contributed by atoms with Crippen molar-refractivity contribution in [1.29, 1.82) is 0 Å². The Morgan fingerprint density at radius 1 is 1.18 bits per heavy atom. The first kappa shape index (κ1) is 20.9. The van der Waals surface area contributed by atoms with Gasteiger partial charge in [-0.15, -0.1) is 10.2 Å².